The SMILES string of the molecule is CC1(C)CN(CCC(=O)Nc2ccc(F)c(N)c2)CCS1. The molecule has 1 aliphatic rings. The number of rotatable bonds is 4. The molecule has 0 aromatic heterocycles. The molecule has 4 nitrogen and oxygen atoms in total. The van der Waals surface area contributed by atoms with Gasteiger partial charge in [-0.1, -0.05) is 0 Å². The number of carbonyl (C=O) groups is 1. The molecule has 1 aromatic rings. The average Bonchev–Trinajstić information content (AvgIpc) is 2.40. The van der Waals surface area contributed by atoms with Crippen LogP contribution in [0.4, 0.5) is 15.8 Å². The minimum atomic E-state index is -0.471. The number of thioether (sulfide) groups is 1. The Morgan fingerprint density at radius 2 is 2.29 bits per heavy atom. The molecule has 0 atom stereocenters. The van der Waals surface area contributed by atoms with Gasteiger partial charge >= 0.3 is 0 Å². The highest BCUT2D eigenvalue weighted by atomic mass is 32.2. The molecule has 0 spiro atoms. The lowest BCUT2D eigenvalue weighted by molar-refractivity contribution is -0.116. The molecule has 21 heavy (non-hydrogen) atoms. The number of nitrogens with zero attached hydrogens (tertiary/aromatic N) is 1. The molecule has 0 aliphatic carbocycles. The number of anilines is 2. The molecule has 3 N–H and O–H groups in total. The van der Waals surface area contributed by atoms with Gasteiger partial charge in [0.25, 0.3) is 0 Å². The maximum atomic E-state index is 13.1. The summed E-state index contributed by atoms with van der Waals surface area (Å²) in [5, 5.41) is 2.75. The van der Waals surface area contributed by atoms with Crippen LogP contribution in [0.5, 0.6) is 0 Å². The third kappa shape index (κ3) is 4.89. The van der Waals surface area contributed by atoms with Gasteiger partial charge in [0.1, 0.15) is 5.82 Å². The lowest BCUT2D eigenvalue weighted by atomic mass is 10.2. The summed E-state index contributed by atoms with van der Waals surface area (Å²) in [6.07, 6.45) is 0.429. The molecule has 1 saturated heterocycles. The van der Waals surface area contributed by atoms with Gasteiger partial charge in [-0.15, -0.1) is 0 Å². The predicted molar refractivity (Wildman–Crippen MR) is 87.0 cm³/mol. The van der Waals surface area contributed by atoms with Gasteiger partial charge in [0, 0.05) is 42.2 Å². The molecule has 0 bridgehead atoms. The maximum absolute atomic E-state index is 13.1. The Morgan fingerprint density at radius 3 is 2.95 bits per heavy atom. The number of carbonyl (C=O) groups excluding carboxylic acids is 1. The van der Waals surface area contributed by atoms with Crippen LogP contribution in [0.2, 0.25) is 0 Å². The molecule has 0 unspecified atom stereocenters. The first-order valence-corrected chi connectivity index (χ1v) is 8.05. The Labute approximate surface area is 129 Å². The number of amides is 1. The lowest BCUT2D eigenvalue weighted by Crippen LogP contribution is -2.44. The second-order valence-electron chi connectivity index (χ2n) is 5.92. The van der Waals surface area contributed by atoms with E-state index in [1.807, 2.05) is 11.8 Å². The van der Waals surface area contributed by atoms with Gasteiger partial charge in [0.15, 0.2) is 0 Å². The molecule has 0 radical (unpaired) electrons. The highest BCUT2D eigenvalue weighted by molar-refractivity contribution is 8.00. The van der Waals surface area contributed by atoms with Crippen LogP contribution in [0.25, 0.3) is 0 Å². The molecular formula is C15H22FN3OS. The van der Waals surface area contributed by atoms with Crippen LogP contribution in [-0.4, -0.2) is 40.9 Å². The van der Waals surface area contributed by atoms with Crippen LogP contribution in [0, 0.1) is 5.82 Å². The summed E-state index contributed by atoms with van der Waals surface area (Å²) in [4.78, 5) is 14.2. The number of benzene rings is 1. The number of hydrogen-bond donors (Lipinski definition) is 2. The summed E-state index contributed by atoms with van der Waals surface area (Å²) in [6.45, 7) is 7.21. The first kappa shape index (κ1) is 16.1. The van der Waals surface area contributed by atoms with E-state index in [-0.39, 0.29) is 16.3 Å². The van der Waals surface area contributed by atoms with Crippen molar-refractivity contribution in [3.63, 3.8) is 0 Å². The van der Waals surface area contributed by atoms with E-state index in [0.29, 0.717) is 12.1 Å². The fraction of sp³-hybridized carbons (Fsp3) is 0.533. The van der Waals surface area contributed by atoms with E-state index in [2.05, 4.69) is 24.1 Å². The van der Waals surface area contributed by atoms with Crippen molar-refractivity contribution in [2.45, 2.75) is 25.0 Å². The fourth-order valence-corrected chi connectivity index (χ4v) is 3.59. The Bertz CT molecular complexity index is 522. The molecule has 6 heteroatoms. The zero-order chi connectivity index (χ0) is 15.5. The molecule has 1 heterocycles. The summed E-state index contributed by atoms with van der Waals surface area (Å²) in [6, 6.07) is 4.22. The molecule has 2 rings (SSSR count). The van der Waals surface area contributed by atoms with E-state index >= 15 is 0 Å². The Kier molecular flexibility index (Phi) is 5.11. The fourth-order valence-electron chi connectivity index (χ4n) is 2.41. The molecule has 116 valence electrons. The third-order valence-corrected chi connectivity index (χ3v) is 4.74. The monoisotopic (exact) mass is 311 g/mol. The van der Waals surface area contributed by atoms with E-state index in [1.165, 1.54) is 18.2 Å². The second kappa shape index (κ2) is 6.66. The van der Waals surface area contributed by atoms with Crippen LogP contribution in [0.1, 0.15) is 20.3 Å². The second-order valence-corrected chi connectivity index (χ2v) is 7.72. The highest BCUT2D eigenvalue weighted by Gasteiger charge is 2.26. The smallest absolute Gasteiger partial charge is 0.225 e. The zero-order valence-corrected chi connectivity index (χ0v) is 13.3. The Morgan fingerprint density at radius 1 is 1.52 bits per heavy atom. The van der Waals surface area contributed by atoms with Gasteiger partial charge in [-0.3, -0.25) is 4.79 Å². The Balaban J connectivity index is 1.80. The van der Waals surface area contributed by atoms with Gasteiger partial charge < -0.3 is 16.0 Å². The highest BCUT2D eigenvalue weighted by Crippen LogP contribution is 2.29. The van der Waals surface area contributed by atoms with Gasteiger partial charge in [0.05, 0.1) is 5.69 Å². The van der Waals surface area contributed by atoms with Crippen molar-refractivity contribution < 1.29 is 9.18 Å². The van der Waals surface area contributed by atoms with Crippen molar-refractivity contribution in [2.75, 3.05) is 36.4 Å². The number of nitrogens with two attached hydrogens (primary N) is 1. The molecule has 1 amide bonds. The minimum absolute atomic E-state index is 0.0441. The van der Waals surface area contributed by atoms with Gasteiger partial charge in [-0.25, -0.2) is 4.39 Å². The average molecular weight is 311 g/mol. The van der Waals surface area contributed by atoms with E-state index in [1.54, 1.807) is 0 Å². The summed E-state index contributed by atoms with van der Waals surface area (Å²) in [7, 11) is 0. The van der Waals surface area contributed by atoms with Crippen molar-refractivity contribution in [1.82, 2.24) is 4.90 Å². The minimum Gasteiger partial charge on any atom is -0.396 e. The van der Waals surface area contributed by atoms with Crippen LogP contribution in [-0.2, 0) is 4.79 Å². The molecule has 1 fully saturated rings. The normalized spacial score (nSPS) is 18.4. The molecular weight excluding hydrogens is 289 g/mol. The largest absolute Gasteiger partial charge is 0.396 e. The zero-order valence-electron chi connectivity index (χ0n) is 12.5. The topological polar surface area (TPSA) is 58.4 Å². The van der Waals surface area contributed by atoms with Crippen LogP contribution in [0.3, 0.4) is 0 Å². The summed E-state index contributed by atoms with van der Waals surface area (Å²) >= 11 is 1.97. The van der Waals surface area contributed by atoms with Gasteiger partial charge in [0.2, 0.25) is 5.91 Å². The quantitative estimate of drug-likeness (QED) is 0.839. The molecule has 0 saturated carbocycles. The predicted octanol–water partition coefficient (Wildman–Crippen LogP) is 2.56. The summed E-state index contributed by atoms with van der Waals surface area (Å²) in [5.74, 6) is 0.557. The van der Waals surface area contributed by atoms with Crippen molar-refractivity contribution in [3.8, 4) is 0 Å². The van der Waals surface area contributed by atoms with Crippen LogP contribution >= 0.6 is 11.8 Å². The van der Waals surface area contributed by atoms with Crippen molar-refractivity contribution in [2.24, 2.45) is 0 Å². The number of halogens is 1. The van der Waals surface area contributed by atoms with Gasteiger partial charge in [-0.2, -0.15) is 11.8 Å². The first-order chi connectivity index (χ1) is 9.85. The van der Waals surface area contributed by atoms with Gasteiger partial charge in [-0.05, 0) is 32.0 Å². The number of hydrogen-bond acceptors (Lipinski definition) is 4. The number of nitrogen functional groups attached to an aromatic ring is 1. The maximum Gasteiger partial charge on any atom is 0.225 e. The summed E-state index contributed by atoms with van der Waals surface area (Å²) < 4.78 is 13.3. The lowest BCUT2D eigenvalue weighted by Gasteiger charge is -2.37. The van der Waals surface area contributed by atoms with Crippen molar-refractivity contribution in [3.05, 3.63) is 24.0 Å². The standard InChI is InChI=1S/C15H22FN3OS/c1-15(2)10-19(7-8-21-15)6-5-14(20)18-11-3-4-12(16)13(17)9-11/h3-4,9H,5-8,10,17H2,1-2H3,(H,18,20). The first-order valence-electron chi connectivity index (χ1n) is 7.07. The Hall–Kier alpha value is -1.27. The van der Waals surface area contributed by atoms with E-state index < -0.39 is 5.82 Å². The molecule has 1 aliphatic heterocycles. The van der Waals surface area contributed by atoms with E-state index in [0.717, 1.165) is 25.4 Å². The van der Waals surface area contributed by atoms with Crippen LogP contribution in [0.15, 0.2) is 18.2 Å². The third-order valence-electron chi connectivity index (χ3n) is 3.44. The van der Waals surface area contributed by atoms with Crippen molar-refractivity contribution in [1.29, 1.82) is 0 Å². The van der Waals surface area contributed by atoms with Crippen molar-refractivity contribution >= 4 is 29.0 Å². The summed E-state index contributed by atoms with van der Waals surface area (Å²) in [5.41, 5.74) is 6.06. The van der Waals surface area contributed by atoms with E-state index in [4.69, 9.17) is 5.73 Å². The number of nitrogens with one attached hydrogen (secondary N) is 1. The van der Waals surface area contributed by atoms with E-state index in [9.17, 15) is 9.18 Å². The molecule has 1 aromatic carbocycles. The van der Waals surface area contributed by atoms with Crippen LogP contribution < -0.4 is 11.1 Å².